The molecule has 1 aromatic rings. The maximum atomic E-state index is 12.4. The molecule has 0 atom stereocenters. The first-order chi connectivity index (χ1) is 12.4. The van der Waals surface area contributed by atoms with Crippen molar-refractivity contribution >= 4 is 27.5 Å². The predicted octanol–water partition coefficient (Wildman–Crippen LogP) is 2.71. The maximum absolute atomic E-state index is 12.4. The monoisotopic (exact) mass is 379 g/mol. The molecule has 1 aliphatic carbocycles. The molecule has 0 N–H and O–H groups in total. The Morgan fingerprint density at radius 2 is 1.88 bits per heavy atom. The van der Waals surface area contributed by atoms with E-state index < -0.39 is 10.0 Å². The smallest absolute Gasteiger partial charge is 0.309 e. The van der Waals surface area contributed by atoms with Gasteiger partial charge in [-0.1, -0.05) is 19.3 Å². The minimum atomic E-state index is -3.33. The molecule has 1 saturated carbocycles. The first-order valence-corrected chi connectivity index (χ1v) is 11.0. The van der Waals surface area contributed by atoms with Gasteiger partial charge in [0.25, 0.3) is 0 Å². The fourth-order valence-corrected chi connectivity index (χ4v) is 4.75. The number of carbonyl (C=O) groups excluding carboxylic acids is 2. The highest BCUT2D eigenvalue weighted by molar-refractivity contribution is 7.92. The second kappa shape index (κ2) is 7.78. The van der Waals surface area contributed by atoms with Crippen LogP contribution in [-0.2, 0) is 26.0 Å². The summed E-state index contributed by atoms with van der Waals surface area (Å²) in [6.07, 6.45) is 7.54. The zero-order chi connectivity index (χ0) is 18.7. The lowest BCUT2D eigenvalue weighted by Crippen LogP contribution is -2.34. The number of rotatable bonds is 5. The quantitative estimate of drug-likeness (QED) is 0.580. The molecule has 3 rings (SSSR count). The van der Waals surface area contributed by atoms with E-state index in [1.165, 1.54) is 10.6 Å². The third kappa shape index (κ3) is 4.26. The van der Waals surface area contributed by atoms with Crippen molar-refractivity contribution in [2.24, 2.45) is 5.92 Å². The minimum Gasteiger partial charge on any atom is -0.457 e. The van der Waals surface area contributed by atoms with Crippen molar-refractivity contribution in [1.29, 1.82) is 0 Å². The molecule has 1 aliphatic heterocycles. The van der Waals surface area contributed by atoms with Crippen LogP contribution in [0.25, 0.3) is 0 Å². The van der Waals surface area contributed by atoms with Crippen LogP contribution in [0, 0.1) is 5.92 Å². The number of sulfonamides is 1. The van der Waals surface area contributed by atoms with Crippen LogP contribution in [0.1, 0.15) is 54.4 Å². The number of Topliss-reactive ketones (excluding diaryl/α,β-unsaturated/α-hetero) is 1. The molecule has 0 saturated heterocycles. The number of nitrogens with zero attached hydrogens (tertiary/aromatic N) is 1. The van der Waals surface area contributed by atoms with Gasteiger partial charge in [0.15, 0.2) is 12.4 Å². The van der Waals surface area contributed by atoms with E-state index in [4.69, 9.17) is 4.74 Å². The highest BCUT2D eigenvalue weighted by atomic mass is 32.2. The second-order valence-electron chi connectivity index (χ2n) is 7.15. The summed E-state index contributed by atoms with van der Waals surface area (Å²) in [6.45, 7) is 0.196. The van der Waals surface area contributed by atoms with E-state index in [9.17, 15) is 18.0 Å². The lowest BCUT2D eigenvalue weighted by Gasteiger charge is -2.29. The summed E-state index contributed by atoms with van der Waals surface area (Å²) in [5.74, 6) is -0.615. The summed E-state index contributed by atoms with van der Waals surface area (Å²) in [4.78, 5) is 24.5. The third-order valence-electron chi connectivity index (χ3n) is 5.16. The number of ether oxygens (including phenoxy) is 1. The van der Waals surface area contributed by atoms with Gasteiger partial charge in [-0.05, 0) is 49.4 Å². The zero-order valence-electron chi connectivity index (χ0n) is 15.1. The lowest BCUT2D eigenvalue weighted by molar-refractivity contribution is -0.148. The second-order valence-corrected chi connectivity index (χ2v) is 9.05. The van der Waals surface area contributed by atoms with E-state index in [2.05, 4.69) is 0 Å². The number of esters is 1. The first kappa shape index (κ1) is 18.9. The topological polar surface area (TPSA) is 80.8 Å². The minimum absolute atomic E-state index is 0.0802. The Labute approximate surface area is 154 Å². The highest BCUT2D eigenvalue weighted by Crippen LogP contribution is 2.30. The van der Waals surface area contributed by atoms with Gasteiger partial charge in [0, 0.05) is 12.1 Å². The molecule has 1 fully saturated rings. The van der Waals surface area contributed by atoms with Crippen LogP contribution in [0.2, 0.25) is 0 Å². The molecule has 0 bridgehead atoms. The first-order valence-electron chi connectivity index (χ1n) is 9.17. The van der Waals surface area contributed by atoms with Crippen LogP contribution in [0.5, 0.6) is 0 Å². The van der Waals surface area contributed by atoms with E-state index in [1.54, 1.807) is 18.2 Å². The molecule has 0 amide bonds. The normalized spacial score (nSPS) is 18.3. The molecule has 0 aromatic heterocycles. The zero-order valence-corrected chi connectivity index (χ0v) is 15.9. The van der Waals surface area contributed by atoms with Gasteiger partial charge in [-0.2, -0.15) is 0 Å². The molecule has 2 aliphatic rings. The SMILES string of the molecule is CS(=O)(=O)N1CCCc2cc(C(=O)COC(=O)C3CCCCC3)ccc21. The number of carbonyl (C=O) groups is 2. The van der Waals surface area contributed by atoms with E-state index in [-0.39, 0.29) is 24.3 Å². The summed E-state index contributed by atoms with van der Waals surface area (Å²) in [6, 6.07) is 5.01. The van der Waals surface area contributed by atoms with Gasteiger partial charge in [0.1, 0.15) is 0 Å². The van der Waals surface area contributed by atoms with Crippen LogP contribution in [-0.4, -0.2) is 39.6 Å². The van der Waals surface area contributed by atoms with Crippen LogP contribution < -0.4 is 4.31 Å². The van der Waals surface area contributed by atoms with Gasteiger partial charge in [-0.3, -0.25) is 13.9 Å². The highest BCUT2D eigenvalue weighted by Gasteiger charge is 2.26. The maximum Gasteiger partial charge on any atom is 0.309 e. The van der Waals surface area contributed by atoms with E-state index in [0.717, 1.165) is 44.1 Å². The van der Waals surface area contributed by atoms with Gasteiger partial charge in [-0.25, -0.2) is 8.42 Å². The molecule has 26 heavy (non-hydrogen) atoms. The Balaban J connectivity index is 1.66. The van der Waals surface area contributed by atoms with Crippen molar-refractivity contribution < 1.29 is 22.7 Å². The molecule has 0 unspecified atom stereocenters. The largest absolute Gasteiger partial charge is 0.457 e. The van der Waals surface area contributed by atoms with Crippen LogP contribution in [0.4, 0.5) is 5.69 Å². The fourth-order valence-electron chi connectivity index (χ4n) is 3.76. The molecule has 6 nitrogen and oxygen atoms in total. The Morgan fingerprint density at radius 3 is 2.58 bits per heavy atom. The average molecular weight is 379 g/mol. The molecular weight excluding hydrogens is 354 g/mol. The predicted molar refractivity (Wildman–Crippen MR) is 98.8 cm³/mol. The average Bonchev–Trinajstić information content (AvgIpc) is 2.64. The number of ketones is 1. The van der Waals surface area contributed by atoms with Crippen molar-refractivity contribution in [1.82, 2.24) is 0 Å². The summed E-state index contributed by atoms with van der Waals surface area (Å²) in [7, 11) is -3.33. The summed E-state index contributed by atoms with van der Waals surface area (Å²) in [5, 5.41) is 0. The third-order valence-corrected chi connectivity index (χ3v) is 6.34. The number of fused-ring (bicyclic) bond motifs is 1. The van der Waals surface area contributed by atoms with Crippen LogP contribution >= 0.6 is 0 Å². The van der Waals surface area contributed by atoms with Crippen molar-refractivity contribution in [2.75, 3.05) is 23.7 Å². The van der Waals surface area contributed by atoms with Gasteiger partial charge < -0.3 is 4.74 Å². The van der Waals surface area contributed by atoms with E-state index >= 15 is 0 Å². The number of anilines is 1. The Kier molecular flexibility index (Phi) is 5.65. The molecule has 0 spiro atoms. The van der Waals surface area contributed by atoms with Gasteiger partial charge >= 0.3 is 5.97 Å². The summed E-state index contributed by atoms with van der Waals surface area (Å²) in [5.41, 5.74) is 1.93. The van der Waals surface area contributed by atoms with Crippen molar-refractivity contribution in [3.8, 4) is 0 Å². The molecule has 7 heteroatoms. The number of hydrogen-bond acceptors (Lipinski definition) is 5. The summed E-state index contributed by atoms with van der Waals surface area (Å²) < 4.78 is 30.4. The molecule has 1 aromatic carbocycles. The number of benzene rings is 1. The Bertz CT molecular complexity index is 796. The Hall–Kier alpha value is -1.89. The van der Waals surface area contributed by atoms with Crippen LogP contribution in [0.15, 0.2) is 18.2 Å². The van der Waals surface area contributed by atoms with Gasteiger partial charge in [0.2, 0.25) is 10.0 Å². The molecular formula is C19H25NO5S. The fraction of sp³-hybridized carbons (Fsp3) is 0.579. The lowest BCUT2D eigenvalue weighted by atomic mass is 9.89. The van der Waals surface area contributed by atoms with Crippen molar-refractivity contribution in [3.63, 3.8) is 0 Å². The van der Waals surface area contributed by atoms with Gasteiger partial charge in [0.05, 0.1) is 17.9 Å². The molecule has 0 radical (unpaired) electrons. The molecule has 1 heterocycles. The Morgan fingerprint density at radius 1 is 1.15 bits per heavy atom. The summed E-state index contributed by atoms with van der Waals surface area (Å²) >= 11 is 0. The van der Waals surface area contributed by atoms with Gasteiger partial charge in [-0.15, -0.1) is 0 Å². The van der Waals surface area contributed by atoms with E-state index in [0.29, 0.717) is 24.2 Å². The van der Waals surface area contributed by atoms with Crippen molar-refractivity contribution in [2.45, 2.75) is 44.9 Å². The standard InChI is InChI=1S/C19H25NO5S/c1-26(23,24)20-11-5-8-15-12-16(9-10-17(15)20)18(21)13-25-19(22)14-6-3-2-4-7-14/h9-10,12,14H,2-8,11,13H2,1H3. The molecule has 142 valence electrons. The van der Waals surface area contributed by atoms with Crippen molar-refractivity contribution in [3.05, 3.63) is 29.3 Å². The number of aryl methyl sites for hydroxylation is 1. The number of hydrogen-bond donors (Lipinski definition) is 0. The van der Waals surface area contributed by atoms with E-state index in [1.807, 2.05) is 0 Å². The van der Waals surface area contributed by atoms with Crippen LogP contribution in [0.3, 0.4) is 0 Å².